The Morgan fingerprint density at radius 2 is 2.20 bits per heavy atom. The number of aromatic nitrogens is 4. The molecule has 0 saturated heterocycles. The minimum atomic E-state index is 0.395. The summed E-state index contributed by atoms with van der Waals surface area (Å²) in [7, 11) is 1.70. The second kappa shape index (κ2) is 7.21. The predicted octanol–water partition coefficient (Wildman–Crippen LogP) is 1.44. The van der Waals surface area contributed by atoms with Crippen LogP contribution in [0, 0.1) is 0 Å². The second-order valence-electron chi connectivity index (χ2n) is 5.09. The largest absolute Gasteiger partial charge is 0.383 e. The van der Waals surface area contributed by atoms with Crippen molar-refractivity contribution < 1.29 is 4.74 Å². The lowest BCUT2D eigenvalue weighted by Crippen LogP contribution is -2.18. The molecule has 6 nitrogen and oxygen atoms in total. The third-order valence-corrected chi connectivity index (χ3v) is 3.01. The van der Waals surface area contributed by atoms with Crippen LogP contribution in [0.5, 0.6) is 0 Å². The van der Waals surface area contributed by atoms with Gasteiger partial charge in [-0.15, -0.1) is 0 Å². The average Bonchev–Trinajstić information content (AvgIpc) is 3.05. The number of imidazole rings is 1. The molecule has 0 bridgehead atoms. The minimum absolute atomic E-state index is 0.395. The summed E-state index contributed by atoms with van der Waals surface area (Å²) < 4.78 is 9.01. The van der Waals surface area contributed by atoms with E-state index >= 15 is 0 Å². The van der Waals surface area contributed by atoms with Crippen LogP contribution in [0.15, 0.2) is 24.8 Å². The zero-order valence-corrected chi connectivity index (χ0v) is 12.4. The van der Waals surface area contributed by atoms with Gasteiger partial charge in [0.25, 0.3) is 0 Å². The lowest BCUT2D eigenvalue weighted by molar-refractivity contribution is 0.199. The van der Waals surface area contributed by atoms with Crippen LogP contribution >= 0.6 is 0 Å². The van der Waals surface area contributed by atoms with Crippen molar-refractivity contribution in [3.8, 4) is 0 Å². The molecule has 2 aromatic rings. The van der Waals surface area contributed by atoms with Gasteiger partial charge in [0.1, 0.15) is 0 Å². The molecule has 0 radical (unpaired) electrons. The van der Waals surface area contributed by atoms with Gasteiger partial charge in [-0.1, -0.05) is 0 Å². The van der Waals surface area contributed by atoms with Crippen LogP contribution < -0.4 is 5.32 Å². The summed E-state index contributed by atoms with van der Waals surface area (Å²) in [5.74, 6) is 0. The van der Waals surface area contributed by atoms with E-state index in [4.69, 9.17) is 4.74 Å². The highest BCUT2D eigenvalue weighted by Crippen LogP contribution is 2.06. The molecule has 0 aliphatic heterocycles. The van der Waals surface area contributed by atoms with E-state index in [1.54, 1.807) is 7.11 Å². The van der Waals surface area contributed by atoms with Crippen LogP contribution in [0.25, 0.3) is 0 Å². The fourth-order valence-corrected chi connectivity index (χ4v) is 1.91. The van der Waals surface area contributed by atoms with Crippen molar-refractivity contribution in [1.82, 2.24) is 24.6 Å². The van der Waals surface area contributed by atoms with E-state index in [0.29, 0.717) is 12.6 Å². The molecule has 0 aliphatic carbocycles. The molecular formula is C14H23N5O. The Hall–Kier alpha value is -1.66. The molecule has 1 N–H and O–H groups in total. The Labute approximate surface area is 119 Å². The molecule has 2 rings (SSSR count). The smallest absolute Gasteiger partial charge is 0.0953 e. The maximum atomic E-state index is 4.99. The van der Waals surface area contributed by atoms with E-state index in [1.165, 1.54) is 0 Å². The first kappa shape index (κ1) is 14.7. The normalized spacial score (nSPS) is 11.4. The molecule has 0 spiro atoms. The second-order valence-corrected chi connectivity index (χ2v) is 5.09. The SMILES string of the molecule is COCCNCc1cn(Cc2ccn(C(C)C)n2)cn1. The summed E-state index contributed by atoms with van der Waals surface area (Å²) in [5, 5.41) is 7.81. The van der Waals surface area contributed by atoms with E-state index < -0.39 is 0 Å². The van der Waals surface area contributed by atoms with Gasteiger partial charge in [-0.25, -0.2) is 4.98 Å². The van der Waals surface area contributed by atoms with Crippen molar-refractivity contribution in [1.29, 1.82) is 0 Å². The highest BCUT2D eigenvalue weighted by atomic mass is 16.5. The third kappa shape index (κ3) is 4.18. The molecule has 110 valence electrons. The highest BCUT2D eigenvalue weighted by molar-refractivity contribution is 5.03. The van der Waals surface area contributed by atoms with Crippen LogP contribution in [0.2, 0.25) is 0 Å². The summed E-state index contributed by atoms with van der Waals surface area (Å²) in [5.41, 5.74) is 2.08. The summed E-state index contributed by atoms with van der Waals surface area (Å²) >= 11 is 0. The van der Waals surface area contributed by atoms with E-state index in [9.17, 15) is 0 Å². The Balaban J connectivity index is 1.85. The lowest BCUT2D eigenvalue weighted by Gasteiger charge is -2.04. The van der Waals surface area contributed by atoms with Gasteiger partial charge in [0, 0.05) is 38.6 Å². The quantitative estimate of drug-likeness (QED) is 0.742. The number of ether oxygens (including phenoxy) is 1. The van der Waals surface area contributed by atoms with Crippen molar-refractivity contribution in [2.45, 2.75) is 33.0 Å². The first-order valence-electron chi connectivity index (χ1n) is 6.93. The molecule has 0 aromatic carbocycles. The molecule has 2 aromatic heterocycles. The van der Waals surface area contributed by atoms with Crippen LogP contribution in [0.1, 0.15) is 31.3 Å². The molecule has 0 aliphatic rings. The number of hydrogen-bond donors (Lipinski definition) is 1. The first-order chi connectivity index (χ1) is 9.69. The van der Waals surface area contributed by atoms with Gasteiger partial charge in [0.05, 0.1) is 30.9 Å². The van der Waals surface area contributed by atoms with Gasteiger partial charge in [0.2, 0.25) is 0 Å². The van der Waals surface area contributed by atoms with E-state index in [0.717, 1.165) is 31.0 Å². The van der Waals surface area contributed by atoms with Gasteiger partial charge in [-0.2, -0.15) is 5.10 Å². The van der Waals surface area contributed by atoms with Crippen LogP contribution in [-0.4, -0.2) is 39.6 Å². The maximum Gasteiger partial charge on any atom is 0.0953 e. The van der Waals surface area contributed by atoms with Crippen molar-refractivity contribution in [2.75, 3.05) is 20.3 Å². The zero-order chi connectivity index (χ0) is 14.4. The summed E-state index contributed by atoms with van der Waals surface area (Å²) in [6.07, 6.45) is 5.92. The Bertz CT molecular complexity index is 517. The molecule has 0 fully saturated rings. The number of hydrogen-bond acceptors (Lipinski definition) is 4. The summed E-state index contributed by atoms with van der Waals surface area (Å²) in [4.78, 5) is 4.38. The van der Waals surface area contributed by atoms with Gasteiger partial charge in [-0.3, -0.25) is 4.68 Å². The minimum Gasteiger partial charge on any atom is -0.383 e. The van der Waals surface area contributed by atoms with Crippen LogP contribution in [0.3, 0.4) is 0 Å². The highest BCUT2D eigenvalue weighted by Gasteiger charge is 2.04. The number of rotatable bonds is 8. The monoisotopic (exact) mass is 277 g/mol. The average molecular weight is 277 g/mol. The van der Waals surface area contributed by atoms with Crippen LogP contribution in [0.4, 0.5) is 0 Å². The molecule has 2 heterocycles. The predicted molar refractivity (Wildman–Crippen MR) is 77.5 cm³/mol. The van der Waals surface area contributed by atoms with Crippen molar-refractivity contribution >= 4 is 0 Å². The van der Waals surface area contributed by atoms with Crippen LogP contribution in [-0.2, 0) is 17.8 Å². The summed E-state index contributed by atoms with van der Waals surface area (Å²) in [6.45, 7) is 7.31. The van der Waals surface area contributed by atoms with E-state index in [1.807, 2.05) is 23.4 Å². The Kier molecular flexibility index (Phi) is 5.31. The topological polar surface area (TPSA) is 56.9 Å². The van der Waals surface area contributed by atoms with Crippen molar-refractivity contribution in [2.24, 2.45) is 0 Å². The summed E-state index contributed by atoms with van der Waals surface area (Å²) in [6, 6.07) is 2.45. The van der Waals surface area contributed by atoms with E-state index in [-0.39, 0.29) is 0 Å². The zero-order valence-electron chi connectivity index (χ0n) is 12.4. The standard InChI is InChI=1S/C14H23N5O/c1-12(2)19-6-4-13(17-19)9-18-10-14(16-11-18)8-15-5-7-20-3/h4,6,10-12,15H,5,7-9H2,1-3H3. The van der Waals surface area contributed by atoms with Gasteiger partial charge >= 0.3 is 0 Å². The Morgan fingerprint density at radius 1 is 1.35 bits per heavy atom. The molecule has 6 heteroatoms. The number of nitrogens with zero attached hydrogens (tertiary/aromatic N) is 4. The number of methoxy groups -OCH3 is 1. The fourth-order valence-electron chi connectivity index (χ4n) is 1.91. The van der Waals surface area contributed by atoms with Crippen molar-refractivity contribution in [3.63, 3.8) is 0 Å². The van der Waals surface area contributed by atoms with E-state index in [2.05, 4.69) is 39.9 Å². The van der Waals surface area contributed by atoms with Gasteiger partial charge in [0.15, 0.2) is 0 Å². The van der Waals surface area contributed by atoms with Gasteiger partial charge in [-0.05, 0) is 19.9 Å². The van der Waals surface area contributed by atoms with Crippen molar-refractivity contribution in [3.05, 3.63) is 36.2 Å². The molecule has 0 atom stereocenters. The first-order valence-corrected chi connectivity index (χ1v) is 6.93. The fraction of sp³-hybridized carbons (Fsp3) is 0.571. The maximum absolute atomic E-state index is 4.99. The molecular weight excluding hydrogens is 254 g/mol. The molecule has 0 amide bonds. The lowest BCUT2D eigenvalue weighted by atomic mass is 10.4. The number of nitrogens with one attached hydrogen (secondary N) is 1. The van der Waals surface area contributed by atoms with Gasteiger partial charge < -0.3 is 14.6 Å². The Morgan fingerprint density at radius 3 is 2.90 bits per heavy atom. The molecule has 0 unspecified atom stereocenters. The third-order valence-electron chi connectivity index (χ3n) is 3.01. The molecule has 0 saturated carbocycles. The molecule has 20 heavy (non-hydrogen) atoms.